The number of hydrogen-bond acceptors (Lipinski definition) is 4. The van der Waals surface area contributed by atoms with Crippen molar-refractivity contribution in [2.75, 3.05) is 13.1 Å². The molecular weight excluding hydrogens is 313 g/mol. The number of piperidine rings is 1. The predicted molar refractivity (Wildman–Crippen MR) is 63.6 cm³/mol. The quantitative estimate of drug-likeness (QED) is 0.894. The van der Waals surface area contributed by atoms with Gasteiger partial charge in [0.05, 0.1) is 18.7 Å². The summed E-state index contributed by atoms with van der Waals surface area (Å²) in [4.78, 5) is 13.6. The Morgan fingerprint density at radius 3 is 2.67 bits per heavy atom. The van der Waals surface area contributed by atoms with Crippen LogP contribution in [0, 0.1) is 11.7 Å². The van der Waals surface area contributed by atoms with E-state index < -0.39 is 58.1 Å². The highest BCUT2D eigenvalue weighted by Crippen LogP contribution is 2.33. The zero-order valence-electron chi connectivity index (χ0n) is 10.5. The number of aromatic nitrogens is 1. The molecule has 1 atom stereocenters. The van der Waals surface area contributed by atoms with E-state index in [1.165, 1.54) is 0 Å². The molecule has 0 aromatic carbocycles. The summed E-state index contributed by atoms with van der Waals surface area (Å²) in [7, 11) is -4.43. The number of carbonyl (C=O) groups is 1. The number of rotatable bonds is 3. The molecule has 0 radical (unpaired) electrons. The smallest absolute Gasteiger partial charge is 0.308 e. The third-order valence-corrected chi connectivity index (χ3v) is 4.82. The third-order valence-electron chi connectivity index (χ3n) is 3.04. The van der Waals surface area contributed by atoms with Gasteiger partial charge in [-0.15, -0.1) is 0 Å². The van der Waals surface area contributed by atoms with Crippen molar-refractivity contribution >= 4 is 16.0 Å². The van der Waals surface area contributed by atoms with Crippen LogP contribution in [0.5, 0.6) is 0 Å². The second kappa shape index (κ2) is 5.26. The van der Waals surface area contributed by atoms with Gasteiger partial charge in [0.1, 0.15) is 10.7 Å². The third kappa shape index (κ3) is 3.32. The number of hydrogen-bond donors (Lipinski definition) is 1. The Kier molecular flexibility index (Phi) is 3.93. The maximum atomic E-state index is 13.5. The Bertz CT molecular complexity index is 665. The van der Waals surface area contributed by atoms with Crippen molar-refractivity contribution in [3.05, 3.63) is 24.3 Å². The molecule has 116 valence electrons. The van der Waals surface area contributed by atoms with Gasteiger partial charge in [-0.05, 0) is 6.07 Å². The molecule has 0 bridgehead atoms. The number of aliphatic carboxylic acids is 1. The van der Waals surface area contributed by atoms with Crippen LogP contribution in [0.1, 0.15) is 6.42 Å². The van der Waals surface area contributed by atoms with Gasteiger partial charge in [-0.1, -0.05) is 0 Å². The standard InChI is InChI=1S/C11H11F3N2O4S/c12-8-1-9(4-15-3-8)21(19,20)16-5-7(10(17)18)2-11(13,14)6-16/h1,3-4,7H,2,5-6H2,(H,17,18). The van der Waals surface area contributed by atoms with Crippen LogP contribution in [0.2, 0.25) is 0 Å². The zero-order valence-corrected chi connectivity index (χ0v) is 11.4. The topological polar surface area (TPSA) is 87.6 Å². The molecule has 0 amide bonds. The molecule has 1 aliphatic heterocycles. The first kappa shape index (κ1) is 15.7. The molecule has 0 spiro atoms. The van der Waals surface area contributed by atoms with Crippen molar-refractivity contribution < 1.29 is 31.5 Å². The average molecular weight is 324 g/mol. The molecule has 0 aliphatic carbocycles. The minimum atomic E-state index is -4.43. The molecule has 2 rings (SSSR count). The van der Waals surface area contributed by atoms with Crippen molar-refractivity contribution in [3.8, 4) is 0 Å². The van der Waals surface area contributed by atoms with Crippen LogP contribution < -0.4 is 0 Å². The summed E-state index contributed by atoms with van der Waals surface area (Å²) in [6.07, 6.45) is 0.653. The fourth-order valence-electron chi connectivity index (χ4n) is 2.09. The van der Waals surface area contributed by atoms with Gasteiger partial charge in [0.2, 0.25) is 10.0 Å². The van der Waals surface area contributed by atoms with E-state index in [-0.39, 0.29) is 0 Å². The Morgan fingerprint density at radius 2 is 2.10 bits per heavy atom. The summed E-state index contributed by atoms with van der Waals surface area (Å²) in [6.45, 7) is -1.74. The van der Waals surface area contributed by atoms with Crippen molar-refractivity contribution in [1.29, 1.82) is 0 Å². The van der Waals surface area contributed by atoms with E-state index in [0.29, 0.717) is 10.4 Å². The molecule has 10 heteroatoms. The molecule has 1 saturated heterocycles. The Labute approximate surface area is 118 Å². The lowest BCUT2D eigenvalue weighted by Gasteiger charge is -2.34. The highest BCUT2D eigenvalue weighted by Gasteiger charge is 2.47. The summed E-state index contributed by atoms with van der Waals surface area (Å²) in [5, 5.41) is 8.84. The number of nitrogens with zero attached hydrogens (tertiary/aromatic N) is 2. The monoisotopic (exact) mass is 324 g/mol. The number of pyridine rings is 1. The van der Waals surface area contributed by atoms with E-state index in [4.69, 9.17) is 5.11 Å². The minimum absolute atomic E-state index is 0.353. The van der Waals surface area contributed by atoms with Crippen molar-refractivity contribution in [2.45, 2.75) is 17.2 Å². The van der Waals surface area contributed by atoms with Gasteiger partial charge in [-0.25, -0.2) is 21.6 Å². The predicted octanol–water partition coefficient (Wildman–Crippen LogP) is 0.951. The second-order valence-corrected chi connectivity index (χ2v) is 6.67. The van der Waals surface area contributed by atoms with E-state index in [9.17, 15) is 26.4 Å². The largest absolute Gasteiger partial charge is 0.481 e. The summed E-state index contributed by atoms with van der Waals surface area (Å²) >= 11 is 0. The lowest BCUT2D eigenvalue weighted by Crippen LogP contribution is -2.51. The summed E-state index contributed by atoms with van der Waals surface area (Å²) in [5.41, 5.74) is 0. The molecule has 1 aliphatic rings. The van der Waals surface area contributed by atoms with Crippen molar-refractivity contribution in [3.63, 3.8) is 0 Å². The molecule has 2 heterocycles. The van der Waals surface area contributed by atoms with Gasteiger partial charge in [-0.3, -0.25) is 9.78 Å². The van der Waals surface area contributed by atoms with Gasteiger partial charge in [0.15, 0.2) is 0 Å². The molecule has 1 fully saturated rings. The highest BCUT2D eigenvalue weighted by molar-refractivity contribution is 7.89. The van der Waals surface area contributed by atoms with Gasteiger partial charge in [0, 0.05) is 19.2 Å². The first-order valence-corrected chi connectivity index (χ1v) is 7.27. The highest BCUT2D eigenvalue weighted by atomic mass is 32.2. The Morgan fingerprint density at radius 1 is 1.43 bits per heavy atom. The van der Waals surface area contributed by atoms with Crippen LogP contribution in [0.3, 0.4) is 0 Å². The number of sulfonamides is 1. The van der Waals surface area contributed by atoms with E-state index in [1.54, 1.807) is 0 Å². The summed E-state index contributed by atoms with van der Waals surface area (Å²) < 4.78 is 64.8. The first-order chi connectivity index (χ1) is 9.62. The molecule has 1 aromatic rings. The van der Waals surface area contributed by atoms with Crippen LogP contribution in [0.25, 0.3) is 0 Å². The van der Waals surface area contributed by atoms with Gasteiger partial charge < -0.3 is 5.11 Å². The van der Waals surface area contributed by atoms with Crippen LogP contribution in [0.4, 0.5) is 13.2 Å². The molecule has 0 saturated carbocycles. The number of alkyl halides is 2. The number of carboxylic acid groups (broad SMARTS) is 1. The van der Waals surface area contributed by atoms with E-state index in [2.05, 4.69) is 4.98 Å². The second-order valence-electron chi connectivity index (χ2n) is 4.73. The Hall–Kier alpha value is -1.68. The van der Waals surface area contributed by atoms with Crippen molar-refractivity contribution in [1.82, 2.24) is 9.29 Å². The molecule has 21 heavy (non-hydrogen) atoms. The minimum Gasteiger partial charge on any atom is -0.481 e. The summed E-state index contributed by atoms with van der Waals surface area (Å²) in [5.74, 6) is -7.43. The SMILES string of the molecule is O=C(O)C1CN(S(=O)(=O)c2cncc(F)c2)CC(F)(F)C1. The van der Waals surface area contributed by atoms with Gasteiger partial charge in [-0.2, -0.15) is 4.31 Å². The van der Waals surface area contributed by atoms with Crippen LogP contribution >= 0.6 is 0 Å². The first-order valence-electron chi connectivity index (χ1n) is 5.83. The Balaban J connectivity index is 2.37. The van der Waals surface area contributed by atoms with E-state index in [1.807, 2.05) is 0 Å². The molecule has 6 nitrogen and oxygen atoms in total. The molecule has 1 N–H and O–H groups in total. The van der Waals surface area contributed by atoms with Crippen LogP contribution in [-0.2, 0) is 14.8 Å². The fourth-order valence-corrected chi connectivity index (χ4v) is 3.58. The zero-order chi connectivity index (χ0) is 15.8. The van der Waals surface area contributed by atoms with Gasteiger partial charge in [0.25, 0.3) is 5.92 Å². The lowest BCUT2D eigenvalue weighted by molar-refractivity contribution is -0.150. The van der Waals surface area contributed by atoms with E-state index >= 15 is 0 Å². The maximum Gasteiger partial charge on any atom is 0.308 e. The molecule has 1 unspecified atom stereocenters. The van der Waals surface area contributed by atoms with Gasteiger partial charge >= 0.3 is 5.97 Å². The normalized spacial score (nSPS) is 22.9. The average Bonchev–Trinajstić information content (AvgIpc) is 2.36. The van der Waals surface area contributed by atoms with Crippen molar-refractivity contribution in [2.24, 2.45) is 5.92 Å². The molecular formula is C11H11F3N2O4S. The number of halogens is 3. The maximum absolute atomic E-state index is 13.5. The van der Waals surface area contributed by atoms with Crippen LogP contribution in [0.15, 0.2) is 23.4 Å². The van der Waals surface area contributed by atoms with E-state index in [0.717, 1.165) is 12.4 Å². The molecule has 1 aromatic heterocycles. The fraction of sp³-hybridized carbons (Fsp3) is 0.455. The van der Waals surface area contributed by atoms with Crippen LogP contribution in [-0.4, -0.2) is 47.8 Å². The summed E-state index contributed by atoms with van der Waals surface area (Å²) in [6, 6.07) is 0.644. The lowest BCUT2D eigenvalue weighted by atomic mass is 9.97. The number of carboxylic acids is 1.